The lowest BCUT2D eigenvalue weighted by Gasteiger charge is -1.99. The van der Waals surface area contributed by atoms with Gasteiger partial charge >= 0.3 is 0 Å². The summed E-state index contributed by atoms with van der Waals surface area (Å²) in [5, 5.41) is 6.03. The zero-order valence-electron chi connectivity index (χ0n) is 14.1. The molecule has 0 radical (unpaired) electrons. The third-order valence-corrected chi connectivity index (χ3v) is 6.89. The first-order valence-electron chi connectivity index (χ1n) is 9.00. The van der Waals surface area contributed by atoms with Crippen LogP contribution in [-0.4, -0.2) is 19.6 Å². The maximum atomic E-state index is 4.96. The van der Waals surface area contributed by atoms with Crippen LogP contribution in [0.2, 0.25) is 0 Å². The molecule has 4 nitrogen and oxygen atoms in total. The lowest BCUT2D eigenvalue weighted by molar-refractivity contribution is 0.850. The zero-order chi connectivity index (χ0) is 16.5. The summed E-state index contributed by atoms with van der Waals surface area (Å²) in [4.78, 5) is 12.2. The van der Waals surface area contributed by atoms with E-state index in [9.17, 15) is 0 Å². The summed E-state index contributed by atoms with van der Waals surface area (Å²) in [7, 11) is 0. The van der Waals surface area contributed by atoms with E-state index in [0.717, 1.165) is 29.1 Å². The van der Waals surface area contributed by atoms with E-state index in [1.807, 2.05) is 22.2 Å². The van der Waals surface area contributed by atoms with Crippen molar-refractivity contribution in [2.24, 2.45) is 0 Å². The Bertz CT molecular complexity index is 1120. The van der Waals surface area contributed by atoms with Crippen molar-refractivity contribution in [3.8, 4) is 0 Å². The largest absolute Gasteiger partial charge is 0.225 e. The predicted molar refractivity (Wildman–Crippen MR) is 99.5 cm³/mol. The van der Waals surface area contributed by atoms with Gasteiger partial charge in [-0.3, -0.25) is 0 Å². The van der Waals surface area contributed by atoms with Gasteiger partial charge in [0.1, 0.15) is 11.2 Å². The molecule has 0 unspecified atom stereocenters. The molecule has 3 aromatic heterocycles. The van der Waals surface area contributed by atoms with Crippen molar-refractivity contribution in [2.75, 3.05) is 0 Å². The van der Waals surface area contributed by atoms with Crippen LogP contribution in [0, 0.1) is 6.92 Å². The van der Waals surface area contributed by atoms with E-state index >= 15 is 0 Å². The normalized spacial score (nSPS) is 22.0. The molecule has 5 heteroatoms. The number of thiophene rings is 1. The van der Waals surface area contributed by atoms with E-state index in [0.29, 0.717) is 11.8 Å². The van der Waals surface area contributed by atoms with Crippen molar-refractivity contribution in [1.82, 2.24) is 19.6 Å². The van der Waals surface area contributed by atoms with Gasteiger partial charge in [-0.05, 0) is 49.7 Å². The first kappa shape index (κ1) is 14.0. The van der Waals surface area contributed by atoms with E-state index < -0.39 is 0 Å². The minimum atomic E-state index is 0.448. The second-order valence-corrected chi connectivity index (χ2v) is 8.46. The Morgan fingerprint density at radius 2 is 2.00 bits per heavy atom. The maximum absolute atomic E-state index is 4.96. The molecule has 3 heterocycles. The van der Waals surface area contributed by atoms with Crippen LogP contribution in [0.15, 0.2) is 30.6 Å². The fraction of sp³-hybridized carbons (Fsp3) is 0.350. The summed E-state index contributed by atoms with van der Waals surface area (Å²) in [5.41, 5.74) is 5.21. The molecule has 0 bridgehead atoms. The molecule has 2 atom stereocenters. The quantitative estimate of drug-likeness (QED) is 0.540. The maximum Gasteiger partial charge on any atom is 0.167 e. The van der Waals surface area contributed by atoms with Crippen LogP contribution in [0.1, 0.15) is 52.1 Å². The monoisotopic (exact) mass is 346 g/mol. The third-order valence-electron chi connectivity index (χ3n) is 5.69. The Morgan fingerprint density at radius 1 is 1.12 bits per heavy atom. The van der Waals surface area contributed by atoms with Gasteiger partial charge in [0.15, 0.2) is 11.5 Å². The van der Waals surface area contributed by atoms with Crippen LogP contribution < -0.4 is 0 Å². The Balaban J connectivity index is 1.43. The summed E-state index contributed by atoms with van der Waals surface area (Å²) in [6.45, 7) is 2.13. The Kier molecular flexibility index (Phi) is 2.73. The minimum Gasteiger partial charge on any atom is -0.225 e. The first-order chi connectivity index (χ1) is 12.3. The van der Waals surface area contributed by atoms with Crippen molar-refractivity contribution in [1.29, 1.82) is 0 Å². The Labute approximate surface area is 149 Å². The van der Waals surface area contributed by atoms with Crippen LogP contribution in [0.5, 0.6) is 0 Å². The molecule has 2 aliphatic rings. The fourth-order valence-corrected chi connectivity index (χ4v) is 5.45. The molecular formula is C20H18N4S. The van der Waals surface area contributed by atoms with E-state index in [2.05, 4.69) is 36.2 Å². The summed E-state index contributed by atoms with van der Waals surface area (Å²) in [6.07, 6.45) is 6.61. The smallest absolute Gasteiger partial charge is 0.167 e. The average Bonchev–Trinajstić information content (AvgIpc) is 2.94. The number of hydrogen-bond donors (Lipinski definition) is 0. The molecule has 0 spiro atoms. The van der Waals surface area contributed by atoms with Crippen LogP contribution in [0.25, 0.3) is 15.9 Å². The molecule has 4 aromatic rings. The molecule has 2 aliphatic carbocycles. The van der Waals surface area contributed by atoms with Gasteiger partial charge in [0, 0.05) is 10.8 Å². The SMILES string of the molecule is Cc1ccc([C@H]2C[C@@H]2c2nc3c4c5c(sc4ncn3n2)CCC5)cc1. The zero-order valence-corrected chi connectivity index (χ0v) is 14.9. The highest BCUT2D eigenvalue weighted by Crippen LogP contribution is 2.53. The number of nitrogens with zero attached hydrogens (tertiary/aromatic N) is 4. The summed E-state index contributed by atoms with van der Waals surface area (Å²) in [5.74, 6) is 2.00. The highest BCUT2D eigenvalue weighted by molar-refractivity contribution is 7.19. The standard InChI is InChI=1S/C20H18N4S/c1-11-5-7-12(8-6-11)14-9-15(14)18-22-19-17-13-3-2-4-16(13)25-20(17)21-10-24(19)23-18/h5-8,10,14-15H,2-4,9H2,1H3/t14-,15+/m1/s1. The topological polar surface area (TPSA) is 43.1 Å². The van der Waals surface area contributed by atoms with E-state index in [-0.39, 0.29) is 0 Å². The minimum absolute atomic E-state index is 0.448. The van der Waals surface area contributed by atoms with Crippen LogP contribution in [0.3, 0.4) is 0 Å². The second kappa shape index (κ2) is 4.88. The van der Waals surface area contributed by atoms with Gasteiger partial charge in [-0.1, -0.05) is 29.8 Å². The summed E-state index contributed by atoms with van der Waals surface area (Å²) < 4.78 is 1.90. The number of rotatable bonds is 2. The van der Waals surface area contributed by atoms with Gasteiger partial charge in [-0.15, -0.1) is 16.4 Å². The molecule has 0 amide bonds. The van der Waals surface area contributed by atoms with Crippen LogP contribution in [0.4, 0.5) is 0 Å². The molecule has 0 aliphatic heterocycles. The van der Waals surface area contributed by atoms with Crippen molar-refractivity contribution in [3.05, 3.63) is 58.0 Å². The number of aromatic nitrogens is 4. The van der Waals surface area contributed by atoms with Gasteiger partial charge in [0.25, 0.3) is 0 Å². The molecular weight excluding hydrogens is 328 g/mol. The first-order valence-corrected chi connectivity index (χ1v) is 9.81. The molecule has 25 heavy (non-hydrogen) atoms. The second-order valence-electron chi connectivity index (χ2n) is 7.38. The molecule has 0 saturated heterocycles. The molecule has 0 N–H and O–H groups in total. The molecule has 1 fully saturated rings. The Morgan fingerprint density at radius 3 is 2.88 bits per heavy atom. The van der Waals surface area contributed by atoms with Crippen LogP contribution in [-0.2, 0) is 12.8 Å². The molecule has 124 valence electrons. The molecule has 6 rings (SSSR count). The van der Waals surface area contributed by atoms with E-state index in [4.69, 9.17) is 10.1 Å². The van der Waals surface area contributed by atoms with Gasteiger partial charge < -0.3 is 0 Å². The van der Waals surface area contributed by atoms with E-state index in [1.165, 1.54) is 39.8 Å². The van der Waals surface area contributed by atoms with Crippen molar-refractivity contribution in [2.45, 2.75) is 44.4 Å². The summed E-state index contributed by atoms with van der Waals surface area (Å²) in [6, 6.07) is 8.90. The third kappa shape index (κ3) is 2.02. The number of aryl methyl sites for hydroxylation is 3. The lowest BCUT2D eigenvalue weighted by Crippen LogP contribution is -1.91. The lowest BCUT2D eigenvalue weighted by atomic mass is 10.1. The van der Waals surface area contributed by atoms with Gasteiger partial charge in [-0.2, -0.15) is 0 Å². The fourth-order valence-electron chi connectivity index (χ4n) is 4.23. The number of fused-ring (bicyclic) bond motifs is 5. The number of benzene rings is 1. The molecule has 1 saturated carbocycles. The van der Waals surface area contributed by atoms with E-state index in [1.54, 1.807) is 0 Å². The van der Waals surface area contributed by atoms with Gasteiger partial charge in [-0.25, -0.2) is 14.5 Å². The predicted octanol–water partition coefficient (Wildman–Crippen LogP) is 4.41. The number of hydrogen-bond acceptors (Lipinski definition) is 4. The molecule has 1 aromatic carbocycles. The summed E-state index contributed by atoms with van der Waals surface area (Å²) >= 11 is 1.84. The van der Waals surface area contributed by atoms with Crippen molar-refractivity contribution in [3.63, 3.8) is 0 Å². The highest BCUT2D eigenvalue weighted by atomic mass is 32.1. The highest BCUT2D eigenvalue weighted by Gasteiger charge is 2.42. The van der Waals surface area contributed by atoms with Crippen LogP contribution >= 0.6 is 11.3 Å². The van der Waals surface area contributed by atoms with Crippen molar-refractivity contribution >= 4 is 27.2 Å². The van der Waals surface area contributed by atoms with Gasteiger partial charge in [0.05, 0.1) is 5.39 Å². The van der Waals surface area contributed by atoms with Gasteiger partial charge in [0.2, 0.25) is 0 Å². The van der Waals surface area contributed by atoms with Crippen molar-refractivity contribution < 1.29 is 0 Å². The average molecular weight is 346 g/mol. The Hall–Kier alpha value is -2.27.